The van der Waals surface area contributed by atoms with Crippen LogP contribution in [-0.2, 0) is 17.9 Å². The van der Waals surface area contributed by atoms with Crippen LogP contribution in [0.1, 0.15) is 11.1 Å². The average molecular weight is 337 g/mol. The van der Waals surface area contributed by atoms with Gasteiger partial charge in [-0.15, -0.1) is 0 Å². The van der Waals surface area contributed by atoms with Gasteiger partial charge in [0.25, 0.3) is 0 Å². The monoisotopic (exact) mass is 337 g/mol. The Balaban J connectivity index is 1.88. The largest absolute Gasteiger partial charge is 0.411 e. The van der Waals surface area contributed by atoms with E-state index in [4.69, 9.17) is 5.73 Å². The maximum absolute atomic E-state index is 12.1. The summed E-state index contributed by atoms with van der Waals surface area (Å²) in [5.74, 6) is 0.264. The van der Waals surface area contributed by atoms with Gasteiger partial charge in [0.1, 0.15) is 6.61 Å². The number of guanidine groups is 1. The van der Waals surface area contributed by atoms with Gasteiger partial charge in [0.05, 0.1) is 13.2 Å². The third-order valence-electron chi connectivity index (χ3n) is 3.00. The molecule has 0 aliphatic rings. The lowest BCUT2D eigenvalue weighted by Gasteiger charge is -2.09. The SMILES string of the molecule is NC(=NCc1cccc(COCC(F)(F)F)c1)Nc1ccccc1. The second kappa shape index (κ2) is 8.35. The zero-order valence-electron chi connectivity index (χ0n) is 12.9. The van der Waals surface area contributed by atoms with Gasteiger partial charge in [-0.05, 0) is 23.3 Å². The van der Waals surface area contributed by atoms with Crippen molar-refractivity contribution in [3.63, 3.8) is 0 Å². The Morgan fingerprint density at radius 2 is 1.75 bits per heavy atom. The molecule has 2 aromatic rings. The molecule has 0 atom stereocenters. The molecule has 2 rings (SSSR count). The van der Waals surface area contributed by atoms with Crippen LogP contribution in [0.2, 0.25) is 0 Å². The van der Waals surface area contributed by atoms with E-state index in [0.29, 0.717) is 12.1 Å². The molecule has 0 unspecified atom stereocenters. The van der Waals surface area contributed by atoms with E-state index in [1.807, 2.05) is 36.4 Å². The fraction of sp³-hybridized carbons (Fsp3) is 0.235. The number of ether oxygens (including phenoxy) is 1. The van der Waals surface area contributed by atoms with E-state index < -0.39 is 12.8 Å². The maximum Gasteiger partial charge on any atom is 0.411 e. The Morgan fingerprint density at radius 1 is 1.04 bits per heavy atom. The molecule has 0 bridgehead atoms. The molecule has 7 heteroatoms. The molecular formula is C17H18F3N3O. The molecule has 0 aliphatic heterocycles. The number of aliphatic imine (C=N–C) groups is 1. The third kappa shape index (κ3) is 6.70. The summed E-state index contributed by atoms with van der Waals surface area (Å²) < 4.78 is 40.8. The predicted molar refractivity (Wildman–Crippen MR) is 87.5 cm³/mol. The van der Waals surface area contributed by atoms with Crippen molar-refractivity contribution in [1.82, 2.24) is 0 Å². The number of anilines is 1. The molecule has 3 N–H and O–H groups in total. The smallest absolute Gasteiger partial charge is 0.370 e. The number of hydrogen-bond donors (Lipinski definition) is 2. The Bertz CT molecular complexity index is 672. The van der Waals surface area contributed by atoms with Crippen molar-refractivity contribution in [1.29, 1.82) is 0 Å². The molecule has 24 heavy (non-hydrogen) atoms. The molecule has 0 spiro atoms. The second-order valence-electron chi connectivity index (χ2n) is 5.12. The van der Waals surface area contributed by atoms with Gasteiger partial charge in [0, 0.05) is 5.69 Å². The normalized spacial score (nSPS) is 12.2. The molecule has 0 heterocycles. The van der Waals surface area contributed by atoms with E-state index >= 15 is 0 Å². The third-order valence-corrected chi connectivity index (χ3v) is 3.00. The number of halogens is 3. The Labute approximate surface area is 138 Å². The van der Waals surface area contributed by atoms with E-state index in [1.165, 1.54) is 0 Å². The fourth-order valence-corrected chi connectivity index (χ4v) is 1.99. The van der Waals surface area contributed by atoms with E-state index in [1.54, 1.807) is 18.2 Å². The molecule has 0 radical (unpaired) electrons. The van der Waals surface area contributed by atoms with E-state index in [0.717, 1.165) is 11.3 Å². The number of alkyl halides is 3. The number of nitrogens with one attached hydrogen (secondary N) is 1. The molecule has 2 aromatic carbocycles. The summed E-state index contributed by atoms with van der Waals surface area (Å²) in [7, 11) is 0. The minimum absolute atomic E-state index is 0.102. The molecule has 0 aromatic heterocycles. The van der Waals surface area contributed by atoms with Crippen LogP contribution >= 0.6 is 0 Å². The molecule has 4 nitrogen and oxygen atoms in total. The number of rotatable bonds is 6. The van der Waals surface area contributed by atoms with Crippen molar-refractivity contribution in [3.05, 3.63) is 65.7 Å². The Hall–Kier alpha value is -2.54. The van der Waals surface area contributed by atoms with Gasteiger partial charge in [-0.1, -0.05) is 42.5 Å². The summed E-state index contributed by atoms with van der Waals surface area (Å²) in [5.41, 5.74) is 8.12. The standard InChI is InChI=1S/C17H18F3N3O/c18-17(19,20)12-24-11-14-6-4-5-13(9-14)10-22-16(21)23-15-7-2-1-3-8-15/h1-9H,10-12H2,(H3,21,22,23). The highest BCUT2D eigenvalue weighted by atomic mass is 19.4. The lowest BCUT2D eigenvalue weighted by molar-refractivity contribution is -0.176. The lowest BCUT2D eigenvalue weighted by atomic mass is 10.1. The molecule has 0 fully saturated rings. The zero-order valence-corrected chi connectivity index (χ0v) is 12.9. The molecular weight excluding hydrogens is 319 g/mol. The van der Waals surface area contributed by atoms with Crippen LogP contribution in [0.25, 0.3) is 0 Å². The van der Waals surface area contributed by atoms with Gasteiger partial charge in [0.15, 0.2) is 5.96 Å². The summed E-state index contributed by atoms with van der Waals surface area (Å²) in [6.07, 6.45) is -4.32. The Morgan fingerprint density at radius 3 is 2.46 bits per heavy atom. The number of benzene rings is 2. The first-order valence-electron chi connectivity index (χ1n) is 7.27. The minimum Gasteiger partial charge on any atom is -0.370 e. The zero-order chi connectivity index (χ0) is 17.4. The summed E-state index contributed by atoms with van der Waals surface area (Å²) in [6.45, 7) is -1.04. The van der Waals surface area contributed by atoms with Gasteiger partial charge < -0.3 is 15.8 Å². The molecule has 0 saturated carbocycles. The number of nitrogens with two attached hydrogens (primary N) is 1. The Kier molecular flexibility index (Phi) is 6.20. The van der Waals surface area contributed by atoms with Gasteiger partial charge in [0.2, 0.25) is 0 Å². The quantitative estimate of drug-likeness (QED) is 0.624. The first-order chi connectivity index (χ1) is 11.4. The molecule has 0 amide bonds. The predicted octanol–water partition coefficient (Wildman–Crippen LogP) is 3.69. The van der Waals surface area contributed by atoms with Gasteiger partial charge in [-0.25, -0.2) is 4.99 Å². The topological polar surface area (TPSA) is 59.6 Å². The highest BCUT2D eigenvalue weighted by molar-refractivity contribution is 5.92. The first-order valence-corrected chi connectivity index (χ1v) is 7.27. The number of nitrogens with zero attached hydrogens (tertiary/aromatic N) is 1. The maximum atomic E-state index is 12.1. The van der Waals surface area contributed by atoms with Gasteiger partial charge >= 0.3 is 6.18 Å². The summed E-state index contributed by atoms with van der Waals surface area (Å²) in [6, 6.07) is 16.4. The summed E-state index contributed by atoms with van der Waals surface area (Å²) in [5, 5.41) is 2.96. The van der Waals surface area contributed by atoms with Crippen LogP contribution in [0.4, 0.5) is 18.9 Å². The van der Waals surface area contributed by atoms with Crippen molar-refractivity contribution < 1.29 is 17.9 Å². The van der Waals surface area contributed by atoms with Crippen molar-refractivity contribution in [2.75, 3.05) is 11.9 Å². The van der Waals surface area contributed by atoms with Crippen molar-refractivity contribution in [2.45, 2.75) is 19.3 Å². The molecule has 128 valence electrons. The highest BCUT2D eigenvalue weighted by Gasteiger charge is 2.27. The molecule has 0 saturated heterocycles. The van der Waals surface area contributed by atoms with Crippen LogP contribution in [0.3, 0.4) is 0 Å². The van der Waals surface area contributed by atoms with Crippen molar-refractivity contribution in [2.24, 2.45) is 10.7 Å². The number of hydrogen-bond acceptors (Lipinski definition) is 2. The summed E-state index contributed by atoms with van der Waals surface area (Å²) >= 11 is 0. The number of para-hydroxylation sites is 1. The van der Waals surface area contributed by atoms with E-state index in [9.17, 15) is 13.2 Å². The van der Waals surface area contributed by atoms with Crippen LogP contribution in [0, 0.1) is 0 Å². The van der Waals surface area contributed by atoms with E-state index in [-0.39, 0.29) is 12.6 Å². The minimum atomic E-state index is -4.32. The van der Waals surface area contributed by atoms with Crippen LogP contribution in [-0.4, -0.2) is 18.7 Å². The van der Waals surface area contributed by atoms with Crippen LogP contribution < -0.4 is 11.1 Å². The second-order valence-corrected chi connectivity index (χ2v) is 5.12. The van der Waals surface area contributed by atoms with E-state index in [2.05, 4.69) is 15.0 Å². The van der Waals surface area contributed by atoms with Crippen molar-refractivity contribution in [3.8, 4) is 0 Å². The van der Waals surface area contributed by atoms with Crippen LogP contribution in [0.15, 0.2) is 59.6 Å². The lowest BCUT2D eigenvalue weighted by Crippen LogP contribution is -2.22. The van der Waals surface area contributed by atoms with Crippen molar-refractivity contribution >= 4 is 11.6 Å². The van der Waals surface area contributed by atoms with Crippen LogP contribution in [0.5, 0.6) is 0 Å². The average Bonchev–Trinajstić information content (AvgIpc) is 2.53. The summed E-state index contributed by atoms with van der Waals surface area (Å²) in [4.78, 5) is 4.21. The highest BCUT2D eigenvalue weighted by Crippen LogP contribution is 2.16. The molecule has 0 aliphatic carbocycles. The first kappa shape index (κ1) is 17.8. The fourth-order valence-electron chi connectivity index (χ4n) is 1.99. The van der Waals surface area contributed by atoms with Gasteiger partial charge in [-0.2, -0.15) is 13.2 Å². The van der Waals surface area contributed by atoms with Gasteiger partial charge in [-0.3, -0.25) is 0 Å².